The molecule has 0 aliphatic heterocycles. The van der Waals surface area contributed by atoms with Gasteiger partial charge in [-0.15, -0.1) is 4.94 Å². The smallest absolute Gasteiger partial charge is 0.461 e. The largest absolute Gasteiger partial charge is 0.473 e. The molecule has 2 N–H and O–H groups in total. The van der Waals surface area contributed by atoms with Crippen molar-refractivity contribution in [2.75, 3.05) is 17.4 Å². The maximum atomic E-state index is 13.6. The highest BCUT2D eigenvalue weighted by molar-refractivity contribution is 5.96. The zero-order valence-corrected chi connectivity index (χ0v) is 24.2. The number of carbonyl (C=O) groups excluding carboxylic acids is 1. The molecule has 1 atom stereocenters. The van der Waals surface area contributed by atoms with Crippen molar-refractivity contribution in [2.24, 2.45) is 0 Å². The first-order chi connectivity index (χ1) is 22.6. The number of hydrogen-bond donors (Lipinski definition) is 2. The van der Waals surface area contributed by atoms with E-state index in [0.717, 1.165) is 23.6 Å². The van der Waals surface area contributed by atoms with Crippen molar-refractivity contribution in [2.45, 2.75) is 12.0 Å². The summed E-state index contributed by atoms with van der Waals surface area (Å²) in [6, 6.07) is 35.5. The van der Waals surface area contributed by atoms with E-state index in [9.17, 15) is 26.9 Å². The number of nitrogens with one attached hydrogen (secondary N) is 2. The fourth-order valence-corrected chi connectivity index (χ4v) is 3.95. The Morgan fingerprint density at radius 1 is 0.532 bits per heavy atom. The van der Waals surface area contributed by atoms with E-state index in [0.29, 0.717) is 28.7 Å². The Kier molecular flexibility index (Phi) is 10.1. The Balaban J connectivity index is 1.06. The quantitative estimate of drug-likeness (QED) is 0.0968. The molecule has 0 bridgehead atoms. The fourth-order valence-electron chi connectivity index (χ4n) is 3.95. The summed E-state index contributed by atoms with van der Waals surface area (Å²) in [6.45, 7) is 0.238. The normalized spacial score (nSPS) is 12.4. The molecule has 5 aromatic rings. The van der Waals surface area contributed by atoms with Crippen LogP contribution in [0, 0.1) is 0 Å². The van der Waals surface area contributed by atoms with E-state index in [1.165, 1.54) is 12.1 Å². The number of amides is 1. The van der Waals surface area contributed by atoms with Crippen LogP contribution in [0.2, 0.25) is 0 Å². The predicted molar refractivity (Wildman–Crippen MR) is 162 cm³/mol. The molecule has 0 aromatic heterocycles. The first-order valence-electron chi connectivity index (χ1n) is 13.8. The number of rotatable bonds is 13. The van der Waals surface area contributed by atoms with Gasteiger partial charge in [0.2, 0.25) is 0 Å². The topological polar surface area (TPSA) is 87.3 Å². The molecule has 1 amide bonds. The third-order valence-corrected chi connectivity index (χ3v) is 6.34. The second-order valence-corrected chi connectivity index (χ2v) is 9.70. The van der Waals surface area contributed by atoms with Gasteiger partial charge in [0.05, 0.1) is 0 Å². The van der Waals surface area contributed by atoms with Crippen LogP contribution in [-0.4, -0.2) is 24.7 Å². The second kappa shape index (κ2) is 14.5. The minimum absolute atomic E-state index is 0.238. The minimum atomic E-state index is -5.92. The zero-order chi connectivity index (χ0) is 33.3. The molecule has 1 unspecified atom stereocenters. The van der Waals surface area contributed by atoms with Gasteiger partial charge in [-0.25, -0.2) is 0 Å². The van der Waals surface area contributed by atoms with Crippen LogP contribution < -0.4 is 29.6 Å². The average molecular weight is 653 g/mol. The van der Waals surface area contributed by atoms with Crippen LogP contribution in [0.4, 0.5) is 33.5 Å². The van der Waals surface area contributed by atoms with Crippen LogP contribution in [0.5, 0.6) is 40.2 Å². The van der Waals surface area contributed by atoms with Crippen LogP contribution in [0.25, 0.3) is 0 Å². The summed E-state index contributed by atoms with van der Waals surface area (Å²) in [5.41, 5.74) is 0.569. The number of anilines is 2. The first-order valence-corrected chi connectivity index (χ1v) is 13.8. The van der Waals surface area contributed by atoms with E-state index >= 15 is 0 Å². The van der Waals surface area contributed by atoms with Gasteiger partial charge < -0.3 is 29.6 Å². The van der Waals surface area contributed by atoms with Crippen molar-refractivity contribution < 1.29 is 50.8 Å². The van der Waals surface area contributed by atoms with Gasteiger partial charge in [0.15, 0.2) is 6.73 Å². The van der Waals surface area contributed by atoms with Crippen LogP contribution in [0.15, 0.2) is 127 Å². The molecule has 0 saturated heterocycles. The molecule has 0 aliphatic rings. The lowest BCUT2D eigenvalue weighted by Gasteiger charge is -2.21. The maximum absolute atomic E-state index is 13.6. The number of halogens is 5. The number of hydrogen-bond acceptors (Lipinski definition) is 7. The van der Waals surface area contributed by atoms with Crippen LogP contribution in [0.1, 0.15) is 0 Å². The average Bonchev–Trinajstić information content (AvgIpc) is 3.07. The highest BCUT2D eigenvalue weighted by atomic mass is 19.4. The monoisotopic (exact) mass is 652 g/mol. The zero-order valence-electron chi connectivity index (χ0n) is 24.2. The summed E-state index contributed by atoms with van der Waals surface area (Å²) in [5, 5.41) is 4.77. The van der Waals surface area contributed by atoms with Crippen LogP contribution in [-0.2, 0) is 9.74 Å². The van der Waals surface area contributed by atoms with Gasteiger partial charge in [0, 0.05) is 11.4 Å². The molecule has 0 aliphatic carbocycles. The van der Waals surface area contributed by atoms with E-state index in [2.05, 4.69) is 10.3 Å². The summed E-state index contributed by atoms with van der Waals surface area (Å²) in [4.78, 5) is 13.9. The maximum Gasteiger partial charge on any atom is 0.461 e. The van der Waals surface area contributed by atoms with E-state index < -0.39 is 17.9 Å². The molecule has 0 saturated carbocycles. The van der Waals surface area contributed by atoms with Gasteiger partial charge in [-0.2, -0.15) is 17.6 Å². The molecule has 5 aromatic carbocycles. The summed E-state index contributed by atoms with van der Waals surface area (Å²) in [5.74, 6) is -3.63. The number of alkyl halides is 4. The van der Waals surface area contributed by atoms with Gasteiger partial charge >= 0.3 is 17.9 Å². The molecule has 0 radical (unpaired) electrons. The molecule has 13 heteroatoms. The molecule has 0 spiro atoms. The lowest BCUT2D eigenvalue weighted by atomic mass is 10.2. The predicted octanol–water partition coefficient (Wildman–Crippen LogP) is 9.58. The Labute approximate surface area is 265 Å². The third kappa shape index (κ3) is 8.67. The molecule has 47 heavy (non-hydrogen) atoms. The van der Waals surface area contributed by atoms with Gasteiger partial charge in [0.25, 0.3) is 0 Å². The lowest BCUT2D eigenvalue weighted by molar-refractivity contribution is -0.379. The highest BCUT2D eigenvalue weighted by Gasteiger charge is 2.65. The Bertz CT molecular complexity index is 1740. The van der Waals surface area contributed by atoms with Crippen molar-refractivity contribution in [1.29, 1.82) is 0 Å². The van der Waals surface area contributed by atoms with Crippen molar-refractivity contribution >= 4 is 17.3 Å². The van der Waals surface area contributed by atoms with Crippen molar-refractivity contribution in [3.63, 3.8) is 0 Å². The van der Waals surface area contributed by atoms with Gasteiger partial charge in [-0.3, -0.25) is 4.79 Å². The summed E-state index contributed by atoms with van der Waals surface area (Å²) < 4.78 is 86.8. The number of ether oxygens (including phenoxy) is 4. The summed E-state index contributed by atoms with van der Waals surface area (Å²) in [6.07, 6.45) is -5.92. The number of para-hydroxylation sites is 1. The summed E-state index contributed by atoms with van der Waals surface area (Å²) >= 11 is 0. The minimum Gasteiger partial charge on any atom is -0.473 e. The summed E-state index contributed by atoms with van der Waals surface area (Å²) in [7, 11) is 0. The molecular formula is C34H25F5N2O6. The van der Waals surface area contributed by atoms with Crippen LogP contribution >= 0.6 is 0 Å². The second-order valence-electron chi connectivity index (χ2n) is 9.70. The van der Waals surface area contributed by atoms with Crippen molar-refractivity contribution in [3.05, 3.63) is 127 Å². The molecule has 242 valence electrons. The molecule has 0 fully saturated rings. The Morgan fingerprint density at radius 2 is 0.915 bits per heavy atom. The van der Waals surface area contributed by atoms with Gasteiger partial charge in [0.1, 0.15) is 40.2 Å². The molecular weight excluding hydrogens is 627 g/mol. The highest BCUT2D eigenvalue weighted by Crippen LogP contribution is 2.37. The lowest BCUT2D eigenvalue weighted by Crippen LogP contribution is -2.51. The SMILES string of the molecule is O=C(Nc1ccc(Oc2ccc(Oc3ccc(NCOc4ccc(Oc5ccccc5)cc4)cc3)cc2)cc1)C(F)(OF)C(F)(F)F. The van der Waals surface area contributed by atoms with E-state index in [-0.39, 0.29) is 18.2 Å². The Morgan fingerprint density at radius 3 is 1.34 bits per heavy atom. The number of benzene rings is 5. The Hall–Kier alpha value is -5.82. The number of carbonyl (C=O) groups is 1. The molecule has 5 rings (SSSR count). The van der Waals surface area contributed by atoms with E-state index in [1.54, 1.807) is 41.7 Å². The van der Waals surface area contributed by atoms with Crippen LogP contribution in [0.3, 0.4) is 0 Å². The van der Waals surface area contributed by atoms with Gasteiger partial charge in [-0.05, 0) is 114 Å². The van der Waals surface area contributed by atoms with Crippen molar-refractivity contribution in [1.82, 2.24) is 0 Å². The van der Waals surface area contributed by atoms with Gasteiger partial charge in [-0.1, -0.05) is 18.2 Å². The standard InChI is InChI=1S/C34H25F5N2O6/c35-33(47-39,34(36,37)38)32(42)41-24-8-12-28(13-9-24)46-31-20-18-30(19-21-31)45-27-10-6-23(7-11-27)40-22-43-25-14-16-29(17-15-25)44-26-4-2-1-3-5-26/h1-21,40H,22H2,(H,41,42). The van der Waals surface area contributed by atoms with Crippen molar-refractivity contribution in [3.8, 4) is 40.2 Å². The fraction of sp³-hybridized carbons (Fsp3) is 0.0882. The first kappa shape index (κ1) is 32.6. The molecule has 8 nitrogen and oxygen atoms in total. The van der Waals surface area contributed by atoms with E-state index in [1.807, 2.05) is 66.7 Å². The third-order valence-electron chi connectivity index (χ3n) is 6.34. The van der Waals surface area contributed by atoms with E-state index in [4.69, 9.17) is 18.9 Å². The molecule has 0 heterocycles.